The Morgan fingerprint density at radius 2 is 1.80 bits per heavy atom. The van der Waals surface area contributed by atoms with Gasteiger partial charge in [-0.1, -0.05) is 30.3 Å². The highest BCUT2D eigenvalue weighted by atomic mass is 15.3. The van der Waals surface area contributed by atoms with Crippen molar-refractivity contribution in [1.82, 2.24) is 29.1 Å². The summed E-state index contributed by atoms with van der Waals surface area (Å²) in [5.41, 5.74) is 3.88. The first kappa shape index (κ1) is 15.3. The molecule has 6 heteroatoms. The summed E-state index contributed by atoms with van der Waals surface area (Å²) in [5.74, 6) is 2.31. The molecule has 0 radical (unpaired) electrons. The quantitative estimate of drug-likeness (QED) is 0.578. The van der Waals surface area contributed by atoms with Crippen LogP contribution in [0.3, 0.4) is 0 Å². The average Bonchev–Trinajstić information content (AvgIpc) is 3.22. The fourth-order valence-electron chi connectivity index (χ4n) is 2.71. The van der Waals surface area contributed by atoms with E-state index in [0.29, 0.717) is 5.82 Å². The molecule has 0 fully saturated rings. The minimum Gasteiger partial charge on any atom is -0.334 e. The van der Waals surface area contributed by atoms with E-state index in [1.807, 2.05) is 68.2 Å². The number of nitrogens with zero attached hydrogens (tertiary/aromatic N) is 6. The van der Waals surface area contributed by atoms with Gasteiger partial charge in [-0.2, -0.15) is 4.52 Å². The van der Waals surface area contributed by atoms with Gasteiger partial charge in [-0.25, -0.2) is 15.0 Å². The summed E-state index contributed by atoms with van der Waals surface area (Å²) in [6, 6.07) is 10.1. The molecule has 124 valence electrons. The van der Waals surface area contributed by atoms with Gasteiger partial charge in [0.2, 0.25) is 0 Å². The van der Waals surface area contributed by atoms with Crippen LogP contribution in [0.5, 0.6) is 0 Å². The summed E-state index contributed by atoms with van der Waals surface area (Å²) in [4.78, 5) is 13.6. The first-order valence-electron chi connectivity index (χ1n) is 8.07. The van der Waals surface area contributed by atoms with Crippen LogP contribution in [0.25, 0.3) is 29.1 Å². The molecule has 6 nitrogen and oxygen atoms in total. The molecule has 0 aliphatic rings. The Hall–Kier alpha value is -3.28. The van der Waals surface area contributed by atoms with Gasteiger partial charge in [0.1, 0.15) is 11.6 Å². The number of hydrogen-bond donors (Lipinski definition) is 0. The highest BCUT2D eigenvalue weighted by molar-refractivity contribution is 5.67. The van der Waals surface area contributed by atoms with Gasteiger partial charge >= 0.3 is 0 Å². The summed E-state index contributed by atoms with van der Waals surface area (Å²) < 4.78 is 3.76. The second-order valence-corrected chi connectivity index (χ2v) is 5.99. The summed E-state index contributed by atoms with van der Waals surface area (Å²) in [5, 5.41) is 4.50. The van der Waals surface area contributed by atoms with Crippen molar-refractivity contribution < 1.29 is 0 Å². The minimum atomic E-state index is 0.642. The molecule has 0 atom stereocenters. The number of fused-ring (bicyclic) bond motifs is 1. The largest absolute Gasteiger partial charge is 0.334 e. The number of aryl methyl sites for hydroxylation is 3. The Kier molecular flexibility index (Phi) is 3.65. The van der Waals surface area contributed by atoms with Crippen LogP contribution in [0, 0.1) is 13.8 Å². The van der Waals surface area contributed by atoms with Crippen LogP contribution in [0.2, 0.25) is 0 Å². The van der Waals surface area contributed by atoms with E-state index >= 15 is 0 Å². The molecule has 0 unspecified atom stereocenters. The normalized spacial score (nSPS) is 11.6. The third-order valence-corrected chi connectivity index (χ3v) is 4.09. The van der Waals surface area contributed by atoms with Crippen molar-refractivity contribution in [3.63, 3.8) is 0 Å². The third kappa shape index (κ3) is 2.82. The lowest BCUT2D eigenvalue weighted by Gasteiger charge is -1.97. The standard InChI is InChI=1S/C19H18N6/c1-13-11-20-14(2)25-19(13)22-17(23-25)9-10-18-21-16(12-24(18)3)15-7-5-4-6-8-15/h4-12H,1-3H3/b10-9+. The Morgan fingerprint density at radius 3 is 2.56 bits per heavy atom. The lowest BCUT2D eigenvalue weighted by molar-refractivity contribution is 0.853. The lowest BCUT2D eigenvalue weighted by atomic mass is 10.2. The molecule has 0 aliphatic carbocycles. The topological polar surface area (TPSA) is 60.9 Å². The van der Waals surface area contributed by atoms with Gasteiger partial charge in [0.15, 0.2) is 11.5 Å². The van der Waals surface area contributed by atoms with Crippen molar-refractivity contribution in [3.05, 3.63) is 65.8 Å². The Bertz CT molecular complexity index is 1030. The van der Waals surface area contributed by atoms with Crippen molar-refractivity contribution in [1.29, 1.82) is 0 Å². The van der Waals surface area contributed by atoms with Gasteiger partial charge in [0.05, 0.1) is 5.69 Å². The Balaban J connectivity index is 1.68. The molecule has 0 N–H and O–H groups in total. The van der Waals surface area contributed by atoms with Gasteiger partial charge in [0.25, 0.3) is 0 Å². The van der Waals surface area contributed by atoms with E-state index in [2.05, 4.69) is 32.2 Å². The first-order chi connectivity index (χ1) is 12.1. The summed E-state index contributed by atoms with van der Waals surface area (Å²) >= 11 is 0. The maximum absolute atomic E-state index is 4.69. The van der Waals surface area contributed by atoms with E-state index in [1.54, 1.807) is 4.52 Å². The predicted molar refractivity (Wildman–Crippen MR) is 97.8 cm³/mol. The van der Waals surface area contributed by atoms with Crippen LogP contribution in [-0.4, -0.2) is 29.1 Å². The van der Waals surface area contributed by atoms with Crippen LogP contribution < -0.4 is 0 Å². The van der Waals surface area contributed by atoms with Gasteiger partial charge in [-0.05, 0) is 26.0 Å². The van der Waals surface area contributed by atoms with E-state index < -0.39 is 0 Å². The molecule has 25 heavy (non-hydrogen) atoms. The molecule has 0 bridgehead atoms. The summed E-state index contributed by atoms with van der Waals surface area (Å²) in [7, 11) is 1.98. The van der Waals surface area contributed by atoms with Crippen molar-refractivity contribution >= 4 is 17.8 Å². The molecule has 0 aliphatic heterocycles. The smallest absolute Gasteiger partial charge is 0.175 e. The van der Waals surface area contributed by atoms with Gasteiger partial charge in [-0.15, -0.1) is 5.10 Å². The minimum absolute atomic E-state index is 0.642. The van der Waals surface area contributed by atoms with Crippen molar-refractivity contribution in [2.24, 2.45) is 7.05 Å². The molecule has 3 aromatic heterocycles. The van der Waals surface area contributed by atoms with Gasteiger partial charge in [-0.3, -0.25) is 0 Å². The maximum atomic E-state index is 4.69. The van der Waals surface area contributed by atoms with E-state index in [0.717, 1.165) is 34.1 Å². The summed E-state index contributed by atoms with van der Waals surface area (Å²) in [6.07, 6.45) is 7.64. The molecule has 4 rings (SSSR count). The second-order valence-electron chi connectivity index (χ2n) is 5.99. The molecular weight excluding hydrogens is 312 g/mol. The SMILES string of the molecule is Cc1cnc(C)n2nc(/C=C/c3nc(-c4ccccc4)cn3C)nc12. The van der Waals surface area contributed by atoms with Crippen LogP contribution in [0.1, 0.15) is 23.0 Å². The zero-order valence-corrected chi connectivity index (χ0v) is 14.4. The summed E-state index contributed by atoms with van der Waals surface area (Å²) in [6.45, 7) is 3.90. The molecule has 4 aromatic rings. The fraction of sp³-hybridized carbons (Fsp3) is 0.158. The monoisotopic (exact) mass is 330 g/mol. The number of hydrogen-bond acceptors (Lipinski definition) is 4. The Morgan fingerprint density at radius 1 is 1.00 bits per heavy atom. The molecule has 1 aromatic carbocycles. The number of rotatable bonds is 3. The van der Waals surface area contributed by atoms with Crippen LogP contribution in [-0.2, 0) is 7.05 Å². The van der Waals surface area contributed by atoms with Crippen molar-refractivity contribution in [2.75, 3.05) is 0 Å². The van der Waals surface area contributed by atoms with E-state index in [1.165, 1.54) is 0 Å². The fourth-order valence-corrected chi connectivity index (χ4v) is 2.71. The molecule has 0 spiro atoms. The molecular formula is C19H18N6. The van der Waals surface area contributed by atoms with Crippen LogP contribution >= 0.6 is 0 Å². The number of imidazole rings is 1. The number of aromatic nitrogens is 6. The third-order valence-electron chi connectivity index (χ3n) is 4.09. The van der Waals surface area contributed by atoms with Crippen molar-refractivity contribution in [2.45, 2.75) is 13.8 Å². The molecule has 0 saturated carbocycles. The highest BCUT2D eigenvalue weighted by Crippen LogP contribution is 2.18. The Labute approximate surface area is 145 Å². The second kappa shape index (κ2) is 5.98. The first-order valence-corrected chi connectivity index (χ1v) is 8.07. The molecule has 0 saturated heterocycles. The van der Waals surface area contributed by atoms with Gasteiger partial charge in [0, 0.05) is 30.6 Å². The zero-order valence-electron chi connectivity index (χ0n) is 14.4. The average molecular weight is 330 g/mol. The van der Waals surface area contributed by atoms with E-state index in [4.69, 9.17) is 0 Å². The molecule has 3 heterocycles. The van der Waals surface area contributed by atoms with Gasteiger partial charge < -0.3 is 4.57 Å². The lowest BCUT2D eigenvalue weighted by Crippen LogP contribution is -1.98. The van der Waals surface area contributed by atoms with Crippen molar-refractivity contribution in [3.8, 4) is 11.3 Å². The van der Waals surface area contributed by atoms with E-state index in [9.17, 15) is 0 Å². The maximum Gasteiger partial charge on any atom is 0.175 e. The predicted octanol–water partition coefficient (Wildman–Crippen LogP) is 3.31. The number of benzene rings is 1. The van der Waals surface area contributed by atoms with E-state index in [-0.39, 0.29) is 0 Å². The van der Waals surface area contributed by atoms with Crippen LogP contribution in [0.15, 0.2) is 42.7 Å². The zero-order chi connectivity index (χ0) is 17.4. The molecule has 0 amide bonds. The van der Waals surface area contributed by atoms with Crippen LogP contribution in [0.4, 0.5) is 0 Å². The highest BCUT2D eigenvalue weighted by Gasteiger charge is 2.08.